The molecular weight excluding hydrogens is 350 g/mol. The van der Waals surface area contributed by atoms with Gasteiger partial charge in [-0.2, -0.15) is 0 Å². The molecule has 0 saturated carbocycles. The van der Waals surface area contributed by atoms with Crippen LogP contribution in [-0.2, 0) is 4.43 Å². The summed E-state index contributed by atoms with van der Waals surface area (Å²) in [5, 5.41) is 0. The molecule has 0 spiro atoms. The van der Waals surface area contributed by atoms with Gasteiger partial charge in [0.1, 0.15) is 0 Å². The second kappa shape index (κ2) is 19.4. The van der Waals surface area contributed by atoms with E-state index in [0.29, 0.717) is 6.10 Å². The first-order chi connectivity index (χ1) is 13.1. The van der Waals surface area contributed by atoms with Gasteiger partial charge in [0.25, 0.3) is 0 Å². The van der Waals surface area contributed by atoms with Crippen LogP contribution in [0.1, 0.15) is 72.6 Å². The van der Waals surface area contributed by atoms with Gasteiger partial charge in [-0.05, 0) is 111 Å². The molecule has 0 aromatic rings. The Hall–Kier alpha value is 0.0569. The third-order valence-corrected chi connectivity index (χ3v) is 6.87. The van der Waals surface area contributed by atoms with Crippen molar-refractivity contribution < 1.29 is 4.43 Å². The van der Waals surface area contributed by atoms with Gasteiger partial charge in [0, 0.05) is 6.10 Å². The summed E-state index contributed by atoms with van der Waals surface area (Å²) in [6.45, 7) is 17.7. The van der Waals surface area contributed by atoms with Crippen LogP contribution in [0.3, 0.4) is 0 Å². The van der Waals surface area contributed by atoms with Gasteiger partial charge in [0.2, 0.25) is 0 Å². The molecule has 0 aliphatic rings. The summed E-state index contributed by atoms with van der Waals surface area (Å²) in [6.07, 6.45) is 9.29. The third kappa shape index (κ3) is 16.7. The Labute approximate surface area is 173 Å². The molecule has 0 N–H and O–H groups in total. The Morgan fingerprint density at radius 3 is 1.59 bits per heavy atom. The molecule has 0 rings (SSSR count). The molecular formula is C22H51N3OSi. The Morgan fingerprint density at radius 1 is 0.667 bits per heavy atom. The molecule has 0 amide bonds. The van der Waals surface area contributed by atoms with Gasteiger partial charge in [-0.3, -0.25) is 0 Å². The van der Waals surface area contributed by atoms with Crippen molar-refractivity contribution in [1.82, 2.24) is 14.7 Å². The first-order valence-corrected chi connectivity index (χ1v) is 13.4. The predicted octanol–water partition coefficient (Wildman–Crippen LogP) is 3.85. The van der Waals surface area contributed by atoms with Gasteiger partial charge < -0.3 is 19.1 Å². The Kier molecular flexibility index (Phi) is 19.4. The summed E-state index contributed by atoms with van der Waals surface area (Å²) < 4.78 is 6.11. The molecule has 5 heteroatoms. The van der Waals surface area contributed by atoms with Crippen LogP contribution in [0.2, 0.25) is 6.04 Å². The van der Waals surface area contributed by atoms with Gasteiger partial charge in [-0.15, -0.1) is 0 Å². The minimum Gasteiger partial charge on any atom is -0.421 e. The third-order valence-electron chi connectivity index (χ3n) is 5.37. The highest BCUT2D eigenvalue weighted by Gasteiger charge is 2.08. The van der Waals surface area contributed by atoms with Gasteiger partial charge in [0.05, 0.1) is 0 Å². The van der Waals surface area contributed by atoms with Gasteiger partial charge in [-0.25, -0.2) is 0 Å². The molecule has 0 aromatic carbocycles. The lowest BCUT2D eigenvalue weighted by Crippen LogP contribution is -2.32. The first kappa shape index (κ1) is 27.1. The highest BCUT2D eigenvalue weighted by atomic mass is 28.2. The van der Waals surface area contributed by atoms with Crippen molar-refractivity contribution in [1.29, 1.82) is 0 Å². The Balaban J connectivity index is 4.10. The summed E-state index contributed by atoms with van der Waals surface area (Å²) in [4.78, 5) is 7.66. The van der Waals surface area contributed by atoms with Crippen LogP contribution in [0, 0.1) is 0 Å². The van der Waals surface area contributed by atoms with E-state index in [1.165, 1.54) is 96.8 Å². The van der Waals surface area contributed by atoms with Crippen LogP contribution >= 0.6 is 0 Å². The summed E-state index contributed by atoms with van der Waals surface area (Å²) in [5.41, 5.74) is 0. The van der Waals surface area contributed by atoms with Gasteiger partial charge >= 0.3 is 0 Å². The van der Waals surface area contributed by atoms with Crippen LogP contribution in [0.5, 0.6) is 0 Å². The van der Waals surface area contributed by atoms with Gasteiger partial charge in [0.15, 0.2) is 9.76 Å². The maximum Gasteiger partial charge on any atom is 0.162 e. The predicted molar refractivity (Wildman–Crippen MR) is 125 cm³/mol. The second-order valence-corrected chi connectivity index (χ2v) is 9.62. The lowest BCUT2D eigenvalue weighted by Gasteiger charge is -2.25. The summed E-state index contributed by atoms with van der Waals surface area (Å²) in [6, 6.07) is 1.33. The summed E-state index contributed by atoms with van der Waals surface area (Å²) in [5.74, 6) is 0. The largest absolute Gasteiger partial charge is 0.421 e. The zero-order chi connectivity index (χ0) is 20.3. The van der Waals surface area contributed by atoms with E-state index in [0.717, 1.165) is 0 Å². The monoisotopic (exact) mass is 401 g/mol. The zero-order valence-electron chi connectivity index (χ0n) is 19.6. The maximum atomic E-state index is 6.11. The molecule has 0 heterocycles. The SMILES string of the molecule is CCCN(C)CCCN(CCC[SiH2]OC(CC)CC)CCCN(C)CCC. The van der Waals surface area contributed by atoms with Crippen LogP contribution in [0.15, 0.2) is 0 Å². The quantitative estimate of drug-likeness (QED) is 0.228. The number of hydrogen-bond acceptors (Lipinski definition) is 4. The number of rotatable bonds is 20. The molecule has 0 aromatic heterocycles. The lowest BCUT2D eigenvalue weighted by molar-refractivity contribution is 0.199. The zero-order valence-corrected chi connectivity index (χ0v) is 21.1. The van der Waals surface area contributed by atoms with Crippen LogP contribution in [0.25, 0.3) is 0 Å². The van der Waals surface area contributed by atoms with Crippen molar-refractivity contribution in [2.45, 2.75) is 84.8 Å². The van der Waals surface area contributed by atoms with Crippen molar-refractivity contribution >= 4 is 9.76 Å². The van der Waals surface area contributed by atoms with Crippen molar-refractivity contribution in [3.63, 3.8) is 0 Å². The fourth-order valence-corrected chi connectivity index (χ4v) is 5.06. The van der Waals surface area contributed by atoms with E-state index < -0.39 is 0 Å². The van der Waals surface area contributed by atoms with Crippen LogP contribution < -0.4 is 0 Å². The molecule has 0 aliphatic carbocycles. The minimum atomic E-state index is -0.322. The van der Waals surface area contributed by atoms with Crippen molar-refractivity contribution in [3.05, 3.63) is 0 Å². The van der Waals surface area contributed by atoms with E-state index in [1.807, 2.05) is 0 Å². The summed E-state index contributed by atoms with van der Waals surface area (Å²) >= 11 is 0. The number of hydrogen-bond donors (Lipinski definition) is 0. The van der Waals surface area contributed by atoms with Crippen LogP contribution in [0.4, 0.5) is 0 Å². The molecule has 164 valence electrons. The van der Waals surface area contributed by atoms with E-state index in [1.54, 1.807) is 0 Å². The van der Waals surface area contributed by atoms with Crippen molar-refractivity contribution in [2.75, 3.05) is 59.9 Å². The summed E-state index contributed by atoms with van der Waals surface area (Å²) in [7, 11) is 4.19. The molecule has 0 fully saturated rings. The molecule has 4 nitrogen and oxygen atoms in total. The molecule has 0 saturated heterocycles. The van der Waals surface area contributed by atoms with Crippen LogP contribution in [-0.4, -0.2) is 90.5 Å². The first-order valence-electron chi connectivity index (χ1n) is 11.8. The van der Waals surface area contributed by atoms with E-state index in [2.05, 4.69) is 56.5 Å². The topological polar surface area (TPSA) is 19.0 Å². The van der Waals surface area contributed by atoms with E-state index >= 15 is 0 Å². The fourth-order valence-electron chi connectivity index (χ4n) is 3.66. The Morgan fingerprint density at radius 2 is 1.15 bits per heavy atom. The Bertz CT molecular complexity index is 285. The van der Waals surface area contributed by atoms with Crippen molar-refractivity contribution in [3.8, 4) is 0 Å². The second-order valence-electron chi connectivity index (χ2n) is 8.17. The highest BCUT2D eigenvalue weighted by molar-refractivity contribution is 6.27. The average Bonchev–Trinajstić information content (AvgIpc) is 2.64. The van der Waals surface area contributed by atoms with Gasteiger partial charge in [-0.1, -0.05) is 27.7 Å². The maximum absolute atomic E-state index is 6.11. The minimum absolute atomic E-state index is 0.322. The molecule has 0 aliphatic heterocycles. The smallest absolute Gasteiger partial charge is 0.162 e. The fraction of sp³-hybridized carbons (Fsp3) is 1.00. The average molecular weight is 402 g/mol. The highest BCUT2D eigenvalue weighted by Crippen LogP contribution is 2.05. The van der Waals surface area contributed by atoms with E-state index in [-0.39, 0.29) is 9.76 Å². The molecule has 0 bridgehead atoms. The normalized spacial score (nSPS) is 12.7. The van der Waals surface area contributed by atoms with E-state index in [9.17, 15) is 0 Å². The standard InChI is InChI=1S/C22H51N3OSi/c1-7-14-23(5)16-11-18-25(19-12-17-24(6)15-8-2)20-13-21-27-26-22(9-3)10-4/h22H,7-21,27H2,1-6H3. The number of nitrogens with zero attached hydrogens (tertiary/aromatic N) is 3. The molecule has 0 radical (unpaired) electrons. The van der Waals surface area contributed by atoms with Crippen molar-refractivity contribution in [2.24, 2.45) is 0 Å². The molecule has 27 heavy (non-hydrogen) atoms. The van der Waals surface area contributed by atoms with E-state index in [4.69, 9.17) is 4.43 Å². The molecule has 0 unspecified atom stereocenters. The molecule has 0 atom stereocenters. The lowest BCUT2D eigenvalue weighted by atomic mass is 10.2.